The van der Waals surface area contributed by atoms with Crippen molar-refractivity contribution in [2.75, 3.05) is 6.54 Å². The van der Waals surface area contributed by atoms with E-state index in [2.05, 4.69) is 6.07 Å². The third kappa shape index (κ3) is 2.32. The van der Waals surface area contributed by atoms with Crippen molar-refractivity contribution in [1.29, 1.82) is 0 Å². The molecule has 1 atom stereocenters. The largest absolute Gasteiger partial charge is 0.488 e. The van der Waals surface area contributed by atoms with E-state index in [0.29, 0.717) is 16.6 Å². The Labute approximate surface area is 122 Å². The molecule has 0 saturated heterocycles. The molecule has 0 saturated carbocycles. The van der Waals surface area contributed by atoms with Crippen LogP contribution in [0.15, 0.2) is 36.4 Å². The summed E-state index contributed by atoms with van der Waals surface area (Å²) in [5.74, 6) is 0.891. The van der Waals surface area contributed by atoms with Gasteiger partial charge in [0.05, 0.1) is 5.02 Å². The van der Waals surface area contributed by atoms with Crippen LogP contribution in [0, 0.1) is 0 Å². The van der Waals surface area contributed by atoms with Crippen LogP contribution in [0.4, 0.5) is 0 Å². The van der Waals surface area contributed by atoms with Gasteiger partial charge in [0.15, 0.2) is 0 Å². The Bertz CT molecular complexity index is 628. The predicted octanol–water partition coefficient (Wildman–Crippen LogP) is 3.92. The first kappa shape index (κ1) is 12.8. The maximum Gasteiger partial charge on any atom is 0.131 e. The molecule has 2 aromatic carbocycles. The van der Waals surface area contributed by atoms with E-state index in [4.69, 9.17) is 33.7 Å². The maximum absolute atomic E-state index is 6.27. The van der Waals surface area contributed by atoms with Gasteiger partial charge in [-0.15, -0.1) is 0 Å². The van der Waals surface area contributed by atoms with Gasteiger partial charge < -0.3 is 10.5 Å². The Morgan fingerprint density at radius 3 is 2.74 bits per heavy atom. The second kappa shape index (κ2) is 5.04. The molecule has 1 aliphatic rings. The van der Waals surface area contributed by atoms with Crippen molar-refractivity contribution >= 4 is 23.2 Å². The fourth-order valence-corrected chi connectivity index (χ4v) is 2.90. The van der Waals surface area contributed by atoms with Crippen LogP contribution in [0.5, 0.6) is 5.75 Å². The molecule has 0 radical (unpaired) electrons. The number of para-hydroxylation sites is 1. The number of hydrogen-bond acceptors (Lipinski definition) is 2. The molecule has 19 heavy (non-hydrogen) atoms. The lowest BCUT2D eigenvalue weighted by Gasteiger charge is -2.12. The summed E-state index contributed by atoms with van der Waals surface area (Å²) in [6, 6.07) is 11.6. The highest BCUT2D eigenvalue weighted by Crippen LogP contribution is 2.41. The standard InChI is InChI=1S/C15H13Cl2NO/c16-10-4-5-12(14(17)7-10)13-3-1-2-9-6-11(8-18)19-15(9)13/h1-5,7,11H,6,8,18H2/t11-/m1/s1. The highest BCUT2D eigenvalue weighted by Gasteiger charge is 2.25. The maximum atomic E-state index is 6.27. The van der Waals surface area contributed by atoms with Crippen LogP contribution in [0.2, 0.25) is 10.0 Å². The average molecular weight is 294 g/mol. The topological polar surface area (TPSA) is 35.2 Å². The molecule has 1 heterocycles. The molecule has 0 bridgehead atoms. The molecule has 0 amide bonds. The van der Waals surface area contributed by atoms with Gasteiger partial charge in [0.1, 0.15) is 11.9 Å². The van der Waals surface area contributed by atoms with Crippen molar-refractivity contribution in [3.8, 4) is 16.9 Å². The Morgan fingerprint density at radius 1 is 1.16 bits per heavy atom. The van der Waals surface area contributed by atoms with Gasteiger partial charge in [0, 0.05) is 29.1 Å². The highest BCUT2D eigenvalue weighted by atomic mass is 35.5. The number of rotatable bonds is 2. The van der Waals surface area contributed by atoms with Crippen LogP contribution in [-0.4, -0.2) is 12.6 Å². The van der Waals surface area contributed by atoms with Crippen molar-refractivity contribution in [2.45, 2.75) is 12.5 Å². The minimum atomic E-state index is 0.0576. The van der Waals surface area contributed by atoms with E-state index in [-0.39, 0.29) is 6.10 Å². The SMILES string of the molecule is NC[C@H]1Cc2cccc(-c3ccc(Cl)cc3Cl)c2O1. The zero-order valence-electron chi connectivity index (χ0n) is 10.2. The van der Waals surface area contributed by atoms with Crippen LogP contribution in [0.25, 0.3) is 11.1 Å². The smallest absolute Gasteiger partial charge is 0.131 e. The summed E-state index contributed by atoms with van der Waals surface area (Å²) in [5.41, 5.74) is 8.79. The molecule has 0 aromatic heterocycles. The Hall–Kier alpha value is -1.22. The first-order valence-corrected chi connectivity index (χ1v) is 6.88. The molecule has 2 N–H and O–H groups in total. The first-order valence-electron chi connectivity index (χ1n) is 6.13. The van der Waals surface area contributed by atoms with Gasteiger partial charge in [-0.3, -0.25) is 0 Å². The van der Waals surface area contributed by atoms with Crippen molar-refractivity contribution < 1.29 is 4.74 Å². The van der Waals surface area contributed by atoms with Crippen molar-refractivity contribution in [2.24, 2.45) is 5.73 Å². The van der Waals surface area contributed by atoms with Crippen molar-refractivity contribution in [3.63, 3.8) is 0 Å². The van der Waals surface area contributed by atoms with Crippen molar-refractivity contribution in [1.82, 2.24) is 0 Å². The first-order chi connectivity index (χ1) is 9.19. The summed E-state index contributed by atoms with van der Waals surface area (Å²) in [6.07, 6.45) is 0.910. The number of nitrogens with two attached hydrogens (primary N) is 1. The van der Waals surface area contributed by atoms with Gasteiger partial charge in [-0.05, 0) is 17.7 Å². The molecule has 2 nitrogen and oxygen atoms in total. The van der Waals surface area contributed by atoms with Crippen LogP contribution in [0.3, 0.4) is 0 Å². The minimum Gasteiger partial charge on any atom is -0.488 e. The van der Waals surface area contributed by atoms with Gasteiger partial charge in [-0.1, -0.05) is 47.5 Å². The van der Waals surface area contributed by atoms with E-state index in [0.717, 1.165) is 23.3 Å². The second-order valence-electron chi connectivity index (χ2n) is 4.60. The van der Waals surface area contributed by atoms with E-state index in [1.54, 1.807) is 6.07 Å². The van der Waals surface area contributed by atoms with E-state index >= 15 is 0 Å². The van der Waals surface area contributed by atoms with Crippen molar-refractivity contribution in [3.05, 3.63) is 52.0 Å². The molecule has 1 aliphatic heterocycles. The molecule has 0 unspecified atom stereocenters. The molecule has 98 valence electrons. The summed E-state index contributed by atoms with van der Waals surface area (Å²) in [7, 11) is 0. The third-order valence-electron chi connectivity index (χ3n) is 3.31. The molecule has 0 spiro atoms. The molecule has 0 aliphatic carbocycles. The molecule has 0 fully saturated rings. The van der Waals surface area contributed by atoms with E-state index < -0.39 is 0 Å². The quantitative estimate of drug-likeness (QED) is 0.911. The number of halogens is 2. The number of hydrogen-bond donors (Lipinski definition) is 1. The molecular formula is C15H13Cl2NO. The highest BCUT2D eigenvalue weighted by molar-refractivity contribution is 6.36. The Morgan fingerprint density at radius 2 is 2.00 bits per heavy atom. The lowest BCUT2D eigenvalue weighted by atomic mass is 10.0. The molecule has 3 rings (SSSR count). The van der Waals surface area contributed by atoms with Gasteiger partial charge in [-0.2, -0.15) is 0 Å². The van der Waals surface area contributed by atoms with Gasteiger partial charge >= 0.3 is 0 Å². The van der Waals surface area contributed by atoms with Gasteiger partial charge in [0.2, 0.25) is 0 Å². The van der Waals surface area contributed by atoms with E-state index in [1.165, 1.54) is 5.56 Å². The van der Waals surface area contributed by atoms with E-state index in [1.807, 2.05) is 24.3 Å². The van der Waals surface area contributed by atoms with Crippen LogP contribution < -0.4 is 10.5 Å². The minimum absolute atomic E-state index is 0.0576. The molecule has 2 aromatic rings. The van der Waals surface area contributed by atoms with Crippen LogP contribution >= 0.6 is 23.2 Å². The summed E-state index contributed by atoms with van der Waals surface area (Å²) >= 11 is 12.2. The lowest BCUT2D eigenvalue weighted by molar-refractivity contribution is 0.242. The normalized spacial score (nSPS) is 17.1. The Balaban J connectivity index is 2.10. The zero-order valence-corrected chi connectivity index (χ0v) is 11.7. The number of ether oxygens (including phenoxy) is 1. The molecular weight excluding hydrogens is 281 g/mol. The number of benzene rings is 2. The molecule has 4 heteroatoms. The van der Waals surface area contributed by atoms with Gasteiger partial charge in [0.25, 0.3) is 0 Å². The fourth-order valence-electron chi connectivity index (χ4n) is 2.39. The predicted molar refractivity (Wildman–Crippen MR) is 79.1 cm³/mol. The van der Waals surface area contributed by atoms with Crippen LogP contribution in [0.1, 0.15) is 5.56 Å². The summed E-state index contributed by atoms with van der Waals surface area (Å²) in [4.78, 5) is 0. The Kier molecular flexibility index (Phi) is 3.40. The van der Waals surface area contributed by atoms with Crippen LogP contribution in [-0.2, 0) is 6.42 Å². The summed E-state index contributed by atoms with van der Waals surface area (Å²) in [5, 5.41) is 1.25. The second-order valence-corrected chi connectivity index (χ2v) is 5.44. The van der Waals surface area contributed by atoms with Gasteiger partial charge in [-0.25, -0.2) is 0 Å². The lowest BCUT2D eigenvalue weighted by Crippen LogP contribution is -2.24. The average Bonchev–Trinajstić information content (AvgIpc) is 2.82. The monoisotopic (exact) mass is 293 g/mol. The summed E-state index contributed by atoms with van der Waals surface area (Å²) in [6.45, 7) is 0.516. The fraction of sp³-hybridized carbons (Fsp3) is 0.200. The van der Waals surface area contributed by atoms with E-state index in [9.17, 15) is 0 Å². The summed E-state index contributed by atoms with van der Waals surface area (Å²) < 4.78 is 5.91. The third-order valence-corrected chi connectivity index (χ3v) is 3.86. The number of fused-ring (bicyclic) bond motifs is 1. The zero-order chi connectivity index (χ0) is 13.4.